The van der Waals surface area contributed by atoms with Gasteiger partial charge in [0, 0.05) is 24.7 Å². The van der Waals surface area contributed by atoms with Crippen LogP contribution in [0.2, 0.25) is 0 Å². The Morgan fingerprint density at radius 2 is 2.12 bits per heavy atom. The van der Waals surface area contributed by atoms with E-state index in [4.69, 9.17) is 4.98 Å². The van der Waals surface area contributed by atoms with Crippen LogP contribution in [0, 0.1) is 22.7 Å². The molecule has 7 heteroatoms. The number of amides is 1. The number of H-pyrrole nitrogens is 2. The van der Waals surface area contributed by atoms with E-state index in [1.54, 1.807) is 11.1 Å². The summed E-state index contributed by atoms with van der Waals surface area (Å²) in [6.45, 7) is 2.38. The fraction of sp³-hybridized carbons (Fsp3) is 0.600. The lowest BCUT2D eigenvalue weighted by Gasteiger charge is -2.54. The van der Waals surface area contributed by atoms with Gasteiger partial charge in [-0.05, 0) is 73.7 Å². The van der Waals surface area contributed by atoms with Gasteiger partial charge < -0.3 is 9.88 Å². The lowest BCUT2D eigenvalue weighted by atomic mass is 9.51. The summed E-state index contributed by atoms with van der Waals surface area (Å²) >= 11 is 0. The number of hydrogen-bond donors (Lipinski definition) is 2. The highest BCUT2D eigenvalue weighted by Crippen LogP contribution is 2.60. The third-order valence-corrected chi connectivity index (χ3v) is 9.15. The summed E-state index contributed by atoms with van der Waals surface area (Å²) in [7, 11) is 1.86. The minimum Gasteiger partial charge on any atom is -0.335 e. The summed E-state index contributed by atoms with van der Waals surface area (Å²) < 4.78 is 0. The molecule has 2 N–H and O–H groups in total. The maximum Gasteiger partial charge on any atom is 0.227 e. The molecule has 4 aliphatic carbocycles. The van der Waals surface area contributed by atoms with Gasteiger partial charge in [0.05, 0.1) is 17.4 Å². The molecular formula is C25H30N6O. The largest absolute Gasteiger partial charge is 0.335 e. The number of fused-ring (bicyclic) bond motifs is 3. The van der Waals surface area contributed by atoms with Crippen LogP contribution in [0.25, 0.3) is 22.7 Å². The van der Waals surface area contributed by atoms with Crippen molar-refractivity contribution < 1.29 is 4.79 Å². The van der Waals surface area contributed by atoms with Crippen LogP contribution in [0.5, 0.6) is 0 Å². The third kappa shape index (κ3) is 2.72. The number of hydrogen-bond acceptors (Lipinski definition) is 4. The number of anilines is 1. The topological polar surface area (TPSA) is 90.6 Å². The molecule has 0 aliphatic heterocycles. The Morgan fingerprint density at radius 3 is 2.91 bits per heavy atom. The van der Waals surface area contributed by atoms with Crippen molar-refractivity contribution in [3.8, 4) is 11.5 Å². The Hall–Kier alpha value is -2.70. The van der Waals surface area contributed by atoms with E-state index in [-0.39, 0.29) is 5.91 Å². The number of nitrogens with zero attached hydrogens (tertiary/aromatic N) is 4. The Labute approximate surface area is 187 Å². The third-order valence-electron chi connectivity index (χ3n) is 9.15. The van der Waals surface area contributed by atoms with Gasteiger partial charge in [0.15, 0.2) is 11.5 Å². The molecule has 0 aromatic carbocycles. The maximum absolute atomic E-state index is 12.9. The predicted octanol–water partition coefficient (Wildman–Crippen LogP) is 4.41. The Balaban J connectivity index is 1.10. The minimum atomic E-state index is 0.180. The highest BCUT2D eigenvalue weighted by Gasteiger charge is 2.53. The molecule has 3 saturated carbocycles. The number of rotatable bonds is 4. The summed E-state index contributed by atoms with van der Waals surface area (Å²) in [6.07, 6.45) is 12.5. The zero-order chi connectivity index (χ0) is 21.7. The zero-order valence-corrected chi connectivity index (χ0v) is 18.9. The van der Waals surface area contributed by atoms with E-state index in [1.165, 1.54) is 49.8 Å². The number of nitrogens with one attached hydrogen (secondary N) is 2. The van der Waals surface area contributed by atoms with E-state index in [0.717, 1.165) is 41.5 Å². The van der Waals surface area contributed by atoms with Gasteiger partial charge >= 0.3 is 0 Å². The van der Waals surface area contributed by atoms with Crippen molar-refractivity contribution in [3.05, 3.63) is 23.5 Å². The van der Waals surface area contributed by atoms with Crippen molar-refractivity contribution >= 4 is 22.8 Å². The number of carbonyl (C=O) groups excluding carboxylic acids is 1. The Kier molecular flexibility index (Phi) is 3.65. The van der Waals surface area contributed by atoms with Crippen LogP contribution >= 0.6 is 0 Å². The summed E-state index contributed by atoms with van der Waals surface area (Å²) in [5.41, 5.74) is 6.89. The summed E-state index contributed by atoms with van der Waals surface area (Å²) in [5.74, 6) is 2.27. The van der Waals surface area contributed by atoms with Gasteiger partial charge in [0.2, 0.25) is 5.91 Å². The Morgan fingerprint density at radius 1 is 1.28 bits per heavy atom. The molecule has 0 unspecified atom stereocenters. The molecule has 7 rings (SSSR count). The van der Waals surface area contributed by atoms with Crippen LogP contribution in [0.15, 0.2) is 12.3 Å². The first kappa shape index (κ1) is 18.8. The molecule has 3 aromatic heterocycles. The maximum atomic E-state index is 12.9. The number of carbonyl (C=O) groups is 1. The molecule has 3 heterocycles. The second kappa shape index (κ2) is 6.21. The second-order valence-corrected chi connectivity index (χ2v) is 11.4. The summed E-state index contributed by atoms with van der Waals surface area (Å²) in [6, 6.07) is 1.99. The number of aromatic amines is 2. The average molecular weight is 431 g/mol. The average Bonchev–Trinajstić information content (AvgIpc) is 3.03. The summed E-state index contributed by atoms with van der Waals surface area (Å²) in [4.78, 5) is 27.3. The van der Waals surface area contributed by atoms with E-state index < -0.39 is 0 Å². The van der Waals surface area contributed by atoms with Crippen LogP contribution < -0.4 is 4.90 Å². The summed E-state index contributed by atoms with van der Waals surface area (Å²) in [5, 5.41) is 7.85. The van der Waals surface area contributed by atoms with E-state index in [2.05, 4.69) is 27.1 Å². The molecule has 4 aliphatic rings. The SMILES string of the molecule is CN(C(=O)CC1CC2(CCC2)C1)c1cnc2nc(-c3n[nH]c4c3C[C@@H]3C[C@]3(C)C4)[nH]c2c1. The minimum absolute atomic E-state index is 0.180. The van der Waals surface area contributed by atoms with Crippen molar-refractivity contribution in [3.63, 3.8) is 0 Å². The fourth-order valence-electron chi connectivity index (χ4n) is 6.76. The highest BCUT2D eigenvalue weighted by atomic mass is 16.2. The van der Waals surface area contributed by atoms with Gasteiger partial charge in [0.25, 0.3) is 0 Å². The molecule has 3 fully saturated rings. The van der Waals surface area contributed by atoms with Gasteiger partial charge in [-0.2, -0.15) is 5.10 Å². The first-order valence-electron chi connectivity index (χ1n) is 12.1. The highest BCUT2D eigenvalue weighted by molar-refractivity contribution is 5.94. The van der Waals surface area contributed by atoms with Crippen LogP contribution in [0.3, 0.4) is 0 Å². The van der Waals surface area contributed by atoms with Crippen LogP contribution in [0.1, 0.15) is 63.1 Å². The van der Waals surface area contributed by atoms with Gasteiger partial charge in [-0.15, -0.1) is 0 Å². The van der Waals surface area contributed by atoms with Gasteiger partial charge in [-0.3, -0.25) is 9.89 Å². The van der Waals surface area contributed by atoms with E-state index in [0.29, 0.717) is 28.8 Å². The molecule has 0 saturated heterocycles. The molecule has 1 amide bonds. The normalized spacial score (nSPS) is 27.5. The predicted molar refractivity (Wildman–Crippen MR) is 122 cm³/mol. The van der Waals surface area contributed by atoms with Gasteiger partial charge in [-0.25, -0.2) is 9.97 Å². The quantitative estimate of drug-likeness (QED) is 0.642. The molecule has 166 valence electrons. The van der Waals surface area contributed by atoms with E-state index >= 15 is 0 Å². The smallest absolute Gasteiger partial charge is 0.227 e. The van der Waals surface area contributed by atoms with Crippen molar-refractivity contribution in [1.82, 2.24) is 25.1 Å². The molecule has 1 spiro atoms. The molecule has 7 nitrogen and oxygen atoms in total. The van der Waals surface area contributed by atoms with Crippen LogP contribution in [0.4, 0.5) is 5.69 Å². The zero-order valence-electron chi connectivity index (χ0n) is 18.9. The van der Waals surface area contributed by atoms with Gasteiger partial charge in [0.1, 0.15) is 5.69 Å². The first-order chi connectivity index (χ1) is 15.4. The van der Waals surface area contributed by atoms with Crippen molar-refractivity contribution in [2.75, 3.05) is 11.9 Å². The van der Waals surface area contributed by atoms with Gasteiger partial charge in [-0.1, -0.05) is 13.3 Å². The number of pyridine rings is 1. The van der Waals surface area contributed by atoms with Crippen LogP contribution in [-0.4, -0.2) is 38.1 Å². The van der Waals surface area contributed by atoms with Crippen molar-refractivity contribution in [2.45, 2.75) is 64.7 Å². The molecule has 0 radical (unpaired) electrons. The monoisotopic (exact) mass is 430 g/mol. The fourth-order valence-corrected chi connectivity index (χ4v) is 6.76. The van der Waals surface area contributed by atoms with Crippen molar-refractivity contribution in [2.24, 2.45) is 22.7 Å². The molecule has 32 heavy (non-hydrogen) atoms. The molecule has 3 aromatic rings. The number of imidazole rings is 1. The standard InChI is InChI=1S/C25H30N6O/c1-24-11-15(24)7-17-19(12-24)29-30-21(17)23-27-18-8-16(13-26-22(18)28-23)31(2)20(32)6-14-9-25(10-14)4-3-5-25/h8,13-15H,3-7,9-12H2,1-2H3,(H,29,30)(H,26,27,28)/t15-,24-/m1/s1. The molecular weight excluding hydrogens is 400 g/mol. The first-order valence-corrected chi connectivity index (χ1v) is 12.1. The lowest BCUT2D eigenvalue weighted by molar-refractivity contribution is -0.122. The van der Waals surface area contributed by atoms with E-state index in [9.17, 15) is 4.79 Å². The second-order valence-electron chi connectivity index (χ2n) is 11.4. The number of aromatic nitrogens is 5. The van der Waals surface area contributed by atoms with E-state index in [1.807, 2.05) is 13.1 Å². The Bertz CT molecular complexity index is 1240. The molecule has 2 atom stereocenters. The lowest BCUT2D eigenvalue weighted by Crippen LogP contribution is -2.44. The van der Waals surface area contributed by atoms with Crippen molar-refractivity contribution in [1.29, 1.82) is 0 Å². The molecule has 0 bridgehead atoms. The van der Waals surface area contributed by atoms with Crippen LogP contribution in [-0.2, 0) is 17.6 Å².